The molecule has 0 aromatic rings. The summed E-state index contributed by atoms with van der Waals surface area (Å²) in [6.45, 7) is 4.11. The van der Waals surface area contributed by atoms with Crippen LogP contribution < -0.4 is 5.32 Å². The predicted octanol–water partition coefficient (Wildman–Crippen LogP) is 19.0. The molecule has 1 amide bonds. The van der Waals surface area contributed by atoms with Gasteiger partial charge in [-0.25, -0.2) is 0 Å². The highest BCUT2D eigenvalue weighted by molar-refractivity contribution is 5.80. The molecule has 6 nitrogen and oxygen atoms in total. The Morgan fingerprint density at radius 3 is 0.696 bits per heavy atom. The van der Waals surface area contributed by atoms with Crippen molar-refractivity contribution in [1.29, 1.82) is 0 Å². The Labute approximate surface area is 432 Å². The van der Waals surface area contributed by atoms with Crippen LogP contribution in [-0.4, -0.2) is 57.3 Å². The van der Waals surface area contributed by atoms with Crippen LogP contribution in [0.4, 0.5) is 0 Å². The van der Waals surface area contributed by atoms with Gasteiger partial charge in [-0.3, -0.25) is 4.79 Å². The number of nitrogens with one attached hydrogen (secondary N) is 1. The molecule has 0 fully saturated rings. The molecule has 4 unspecified atom stereocenters. The Bertz CT molecular complexity index is 964. The van der Waals surface area contributed by atoms with Gasteiger partial charge in [0.1, 0.15) is 12.2 Å². The van der Waals surface area contributed by atoms with Crippen molar-refractivity contribution in [2.75, 3.05) is 6.61 Å². The van der Waals surface area contributed by atoms with Gasteiger partial charge in [-0.15, -0.1) is 0 Å². The minimum Gasteiger partial charge on any atom is -0.394 e. The van der Waals surface area contributed by atoms with E-state index in [1.165, 1.54) is 302 Å². The zero-order valence-electron chi connectivity index (χ0n) is 47.1. The first-order valence-corrected chi connectivity index (χ1v) is 31.9. The van der Waals surface area contributed by atoms with Gasteiger partial charge in [-0.2, -0.15) is 0 Å². The van der Waals surface area contributed by atoms with Gasteiger partial charge < -0.3 is 25.7 Å². The molecule has 0 bridgehead atoms. The lowest BCUT2D eigenvalue weighted by Crippen LogP contribution is -2.53. The van der Waals surface area contributed by atoms with E-state index in [-0.39, 0.29) is 0 Å². The van der Waals surface area contributed by atoms with Crippen molar-refractivity contribution in [3.05, 3.63) is 0 Å². The summed E-state index contributed by atoms with van der Waals surface area (Å²) in [6.07, 6.45) is 69.1. The van der Waals surface area contributed by atoms with E-state index in [0.29, 0.717) is 12.8 Å². The SMILES string of the molecule is CCCCCCCCCCCCCCCCCCCCCCCCCCCCCCC(O)C(=O)NC(CO)C(O)C(O)CCCCCCCCCCCCCCCCCCCCCCCCCCC. The highest BCUT2D eigenvalue weighted by Gasteiger charge is 2.28. The Morgan fingerprint density at radius 2 is 0.493 bits per heavy atom. The normalized spacial score (nSPS) is 13.5. The van der Waals surface area contributed by atoms with Crippen molar-refractivity contribution in [2.24, 2.45) is 0 Å². The third kappa shape index (κ3) is 52.0. The summed E-state index contributed by atoms with van der Waals surface area (Å²) >= 11 is 0. The van der Waals surface area contributed by atoms with E-state index >= 15 is 0 Å². The number of carbonyl (C=O) groups excluding carboxylic acids is 1. The van der Waals surface area contributed by atoms with E-state index in [9.17, 15) is 25.2 Å². The van der Waals surface area contributed by atoms with Crippen LogP contribution in [0, 0.1) is 0 Å². The Hall–Kier alpha value is -0.690. The molecule has 6 heteroatoms. The van der Waals surface area contributed by atoms with Crippen LogP contribution in [0.5, 0.6) is 0 Å². The Kier molecular flexibility index (Phi) is 57.6. The van der Waals surface area contributed by atoms with Crippen molar-refractivity contribution < 1.29 is 25.2 Å². The van der Waals surface area contributed by atoms with E-state index in [1.807, 2.05) is 0 Å². The first kappa shape index (κ1) is 68.3. The van der Waals surface area contributed by atoms with Crippen LogP contribution in [0.25, 0.3) is 0 Å². The zero-order valence-corrected chi connectivity index (χ0v) is 47.1. The topological polar surface area (TPSA) is 110 Å². The van der Waals surface area contributed by atoms with Gasteiger partial charge in [0.2, 0.25) is 5.91 Å². The van der Waals surface area contributed by atoms with Gasteiger partial charge in [0.15, 0.2) is 0 Å². The summed E-state index contributed by atoms with van der Waals surface area (Å²) in [5.74, 6) is -0.574. The van der Waals surface area contributed by atoms with E-state index < -0.39 is 36.9 Å². The highest BCUT2D eigenvalue weighted by Crippen LogP contribution is 2.20. The van der Waals surface area contributed by atoms with Gasteiger partial charge in [0.05, 0.1) is 18.8 Å². The van der Waals surface area contributed by atoms with Crippen LogP contribution in [0.3, 0.4) is 0 Å². The van der Waals surface area contributed by atoms with Gasteiger partial charge in [0, 0.05) is 0 Å². The number of unbranched alkanes of at least 4 members (excludes halogenated alkanes) is 51. The maximum atomic E-state index is 12.6. The van der Waals surface area contributed by atoms with Gasteiger partial charge in [-0.1, -0.05) is 354 Å². The number of carbonyl (C=O) groups is 1. The predicted molar refractivity (Wildman–Crippen MR) is 302 cm³/mol. The second-order valence-electron chi connectivity index (χ2n) is 22.5. The summed E-state index contributed by atoms with van der Waals surface area (Å²) in [5, 5.41) is 44.2. The molecule has 0 saturated carbocycles. The summed E-state index contributed by atoms with van der Waals surface area (Å²) in [7, 11) is 0. The maximum absolute atomic E-state index is 12.6. The Balaban J connectivity index is 3.54. The molecule has 0 saturated heterocycles. The second-order valence-corrected chi connectivity index (χ2v) is 22.5. The largest absolute Gasteiger partial charge is 0.394 e. The minimum absolute atomic E-state index is 0.377. The number of rotatable bonds is 60. The molecule has 0 aliphatic carbocycles. The smallest absolute Gasteiger partial charge is 0.249 e. The molecule has 69 heavy (non-hydrogen) atoms. The molecule has 0 aromatic heterocycles. The molecule has 0 heterocycles. The van der Waals surface area contributed by atoms with Gasteiger partial charge in [-0.05, 0) is 12.8 Å². The third-order valence-corrected chi connectivity index (χ3v) is 15.6. The highest BCUT2D eigenvalue weighted by atomic mass is 16.3. The van der Waals surface area contributed by atoms with E-state index in [4.69, 9.17) is 0 Å². The summed E-state index contributed by atoms with van der Waals surface area (Å²) in [4.78, 5) is 12.6. The standard InChI is InChI=1S/C63H127NO5/c1-3-5-7-9-11-13-15-17-19-21-23-25-27-29-30-31-33-35-37-39-41-43-45-47-49-51-53-55-57-61(67)63(69)64-59(58-65)62(68)60(66)56-54-52-50-48-46-44-42-40-38-36-34-32-28-26-24-22-20-18-16-14-12-10-8-6-4-2/h59-62,65-68H,3-58H2,1-2H3,(H,64,69). The van der Waals surface area contributed by atoms with Crippen LogP contribution in [0.1, 0.15) is 367 Å². The number of hydrogen-bond donors (Lipinski definition) is 5. The average molecular weight is 979 g/mol. The fraction of sp³-hybridized carbons (Fsp3) is 0.984. The fourth-order valence-electron chi connectivity index (χ4n) is 10.6. The van der Waals surface area contributed by atoms with Crippen LogP contribution >= 0.6 is 0 Å². The van der Waals surface area contributed by atoms with E-state index in [2.05, 4.69) is 19.2 Å². The van der Waals surface area contributed by atoms with E-state index in [0.717, 1.165) is 38.5 Å². The lowest BCUT2D eigenvalue weighted by atomic mass is 9.99. The second kappa shape index (κ2) is 58.2. The van der Waals surface area contributed by atoms with Crippen molar-refractivity contribution in [3.8, 4) is 0 Å². The molecule has 0 spiro atoms. The third-order valence-electron chi connectivity index (χ3n) is 15.6. The molecule has 414 valence electrons. The first-order chi connectivity index (χ1) is 34.0. The van der Waals surface area contributed by atoms with Crippen LogP contribution in [-0.2, 0) is 4.79 Å². The maximum Gasteiger partial charge on any atom is 0.249 e. The molecule has 0 aliphatic heterocycles. The molecule has 0 rings (SSSR count). The molecule has 0 radical (unpaired) electrons. The zero-order chi connectivity index (χ0) is 50.2. The van der Waals surface area contributed by atoms with Crippen LogP contribution in [0.15, 0.2) is 0 Å². The van der Waals surface area contributed by atoms with Crippen molar-refractivity contribution in [1.82, 2.24) is 5.32 Å². The Morgan fingerprint density at radius 1 is 0.304 bits per heavy atom. The quantitative estimate of drug-likeness (QED) is 0.0390. The number of amides is 1. The molecule has 0 aliphatic rings. The lowest BCUT2D eigenvalue weighted by Gasteiger charge is -2.27. The summed E-state index contributed by atoms with van der Waals surface area (Å²) in [6, 6.07) is -0.981. The molecular weight excluding hydrogens is 851 g/mol. The average Bonchev–Trinajstić information content (AvgIpc) is 3.35. The van der Waals surface area contributed by atoms with Gasteiger partial charge in [0.25, 0.3) is 0 Å². The minimum atomic E-state index is -1.26. The number of aliphatic hydroxyl groups excluding tert-OH is 4. The molecule has 0 aromatic carbocycles. The monoisotopic (exact) mass is 978 g/mol. The van der Waals surface area contributed by atoms with Crippen LogP contribution in [0.2, 0.25) is 0 Å². The lowest BCUT2D eigenvalue weighted by molar-refractivity contribution is -0.132. The van der Waals surface area contributed by atoms with Gasteiger partial charge >= 0.3 is 0 Å². The summed E-state index contributed by atoms with van der Waals surface area (Å²) in [5.41, 5.74) is 0. The van der Waals surface area contributed by atoms with Crippen molar-refractivity contribution in [3.63, 3.8) is 0 Å². The molecule has 4 atom stereocenters. The van der Waals surface area contributed by atoms with Crippen molar-refractivity contribution in [2.45, 2.75) is 391 Å². The number of aliphatic hydroxyl groups is 4. The first-order valence-electron chi connectivity index (χ1n) is 31.9. The number of hydrogen-bond acceptors (Lipinski definition) is 5. The summed E-state index contributed by atoms with van der Waals surface area (Å²) < 4.78 is 0. The molecule has 5 N–H and O–H groups in total. The molecular formula is C63H127NO5. The van der Waals surface area contributed by atoms with Crippen molar-refractivity contribution >= 4 is 5.91 Å². The fourth-order valence-corrected chi connectivity index (χ4v) is 10.6. The van der Waals surface area contributed by atoms with E-state index in [1.54, 1.807) is 0 Å².